The average Bonchev–Trinajstić information content (AvgIpc) is 2.43. The van der Waals surface area contributed by atoms with Crippen molar-refractivity contribution in [2.24, 2.45) is 0 Å². The van der Waals surface area contributed by atoms with Gasteiger partial charge >= 0.3 is 5.97 Å². The van der Waals surface area contributed by atoms with Gasteiger partial charge < -0.3 is 20.6 Å². The van der Waals surface area contributed by atoms with E-state index in [1.165, 1.54) is 24.3 Å². The van der Waals surface area contributed by atoms with E-state index in [2.05, 4.69) is 5.32 Å². The van der Waals surface area contributed by atoms with Crippen LogP contribution in [0.15, 0.2) is 24.3 Å². The number of phenolic OH excluding ortho intramolecular Hbond substituents is 2. The Balaban J connectivity index is 2.25. The van der Waals surface area contributed by atoms with Gasteiger partial charge in [0.25, 0.3) is 0 Å². The number of hydrogen-bond acceptors (Lipinski definition) is 4. The Kier molecular flexibility index (Phi) is 6.80. The smallest absolute Gasteiger partial charge is 0.303 e. The first kappa shape index (κ1) is 16.6. The molecule has 0 unspecified atom stereocenters. The van der Waals surface area contributed by atoms with Crippen molar-refractivity contribution in [1.29, 1.82) is 0 Å². The van der Waals surface area contributed by atoms with Crippen molar-refractivity contribution in [3.63, 3.8) is 0 Å². The van der Waals surface area contributed by atoms with Crippen LogP contribution in [0.4, 0.5) is 0 Å². The predicted octanol–water partition coefficient (Wildman–Crippen LogP) is 1.87. The highest BCUT2D eigenvalue weighted by molar-refractivity contribution is 5.91. The fourth-order valence-corrected chi connectivity index (χ4v) is 1.66. The number of rotatable bonds is 8. The third-order valence-corrected chi connectivity index (χ3v) is 2.79. The van der Waals surface area contributed by atoms with Gasteiger partial charge in [0, 0.05) is 19.0 Å². The number of hydrogen-bond donors (Lipinski definition) is 4. The van der Waals surface area contributed by atoms with Crippen LogP contribution < -0.4 is 5.32 Å². The Morgan fingerprint density at radius 3 is 2.52 bits per heavy atom. The molecule has 1 rings (SSSR count). The van der Waals surface area contributed by atoms with Crippen molar-refractivity contribution >= 4 is 18.0 Å². The number of carbonyl (C=O) groups excluding carboxylic acids is 1. The fraction of sp³-hybridized carbons (Fsp3) is 0.333. The van der Waals surface area contributed by atoms with Crippen molar-refractivity contribution in [2.45, 2.75) is 25.7 Å². The molecule has 0 aromatic heterocycles. The summed E-state index contributed by atoms with van der Waals surface area (Å²) >= 11 is 0. The van der Waals surface area contributed by atoms with Crippen molar-refractivity contribution in [3.05, 3.63) is 29.8 Å². The lowest BCUT2D eigenvalue weighted by molar-refractivity contribution is -0.137. The molecule has 0 saturated carbocycles. The quantitative estimate of drug-likeness (QED) is 0.332. The number of carboxylic acid groups (broad SMARTS) is 1. The summed E-state index contributed by atoms with van der Waals surface area (Å²) < 4.78 is 0. The van der Waals surface area contributed by atoms with Crippen LogP contribution in [-0.4, -0.2) is 33.7 Å². The topological polar surface area (TPSA) is 107 Å². The Morgan fingerprint density at radius 1 is 1.10 bits per heavy atom. The third-order valence-electron chi connectivity index (χ3n) is 2.79. The van der Waals surface area contributed by atoms with Gasteiger partial charge in [-0.05, 0) is 36.6 Å². The van der Waals surface area contributed by atoms with E-state index in [1.54, 1.807) is 6.07 Å². The summed E-state index contributed by atoms with van der Waals surface area (Å²) in [5, 5.41) is 29.6. The molecule has 0 aliphatic heterocycles. The van der Waals surface area contributed by atoms with Crippen molar-refractivity contribution in [2.75, 3.05) is 6.54 Å². The SMILES string of the molecule is O=C(O)CCCCCNC(=O)/C=C/c1ccc(O)c(O)c1. The molecule has 21 heavy (non-hydrogen) atoms. The molecule has 0 radical (unpaired) electrons. The maximum atomic E-state index is 11.5. The van der Waals surface area contributed by atoms with Crippen LogP contribution in [0.25, 0.3) is 6.08 Å². The molecule has 0 bridgehead atoms. The molecule has 0 heterocycles. The fourth-order valence-electron chi connectivity index (χ4n) is 1.66. The molecule has 1 aromatic rings. The normalized spacial score (nSPS) is 10.7. The number of unbranched alkanes of at least 4 members (excludes halogenated alkanes) is 2. The number of carbonyl (C=O) groups is 2. The minimum absolute atomic E-state index is 0.151. The number of benzene rings is 1. The minimum Gasteiger partial charge on any atom is -0.504 e. The van der Waals surface area contributed by atoms with Crippen LogP contribution in [0.1, 0.15) is 31.2 Å². The summed E-state index contributed by atoms with van der Waals surface area (Å²) in [6.07, 6.45) is 5.10. The maximum absolute atomic E-state index is 11.5. The molecule has 0 saturated heterocycles. The van der Waals surface area contributed by atoms with Crippen LogP contribution in [0.3, 0.4) is 0 Å². The van der Waals surface area contributed by atoms with Gasteiger partial charge in [-0.2, -0.15) is 0 Å². The highest BCUT2D eigenvalue weighted by Crippen LogP contribution is 2.25. The van der Waals surface area contributed by atoms with Crippen molar-refractivity contribution < 1.29 is 24.9 Å². The molecule has 6 heteroatoms. The maximum Gasteiger partial charge on any atom is 0.303 e. The molecule has 0 aliphatic carbocycles. The Labute approximate surface area is 122 Å². The average molecular weight is 293 g/mol. The van der Waals surface area contributed by atoms with Gasteiger partial charge in [-0.15, -0.1) is 0 Å². The molecule has 0 atom stereocenters. The number of amides is 1. The molecule has 0 spiro atoms. The monoisotopic (exact) mass is 293 g/mol. The first-order valence-corrected chi connectivity index (χ1v) is 6.68. The summed E-state index contributed by atoms with van der Waals surface area (Å²) in [5.41, 5.74) is 0.599. The van der Waals surface area contributed by atoms with E-state index in [9.17, 15) is 14.7 Å². The van der Waals surface area contributed by atoms with Gasteiger partial charge in [0.15, 0.2) is 11.5 Å². The van der Waals surface area contributed by atoms with Crippen LogP contribution in [-0.2, 0) is 9.59 Å². The zero-order chi connectivity index (χ0) is 15.7. The number of aromatic hydroxyl groups is 2. The van der Waals surface area contributed by atoms with E-state index in [1.807, 2.05) is 0 Å². The Morgan fingerprint density at radius 2 is 1.86 bits per heavy atom. The second-order valence-corrected chi connectivity index (χ2v) is 4.58. The van der Waals surface area contributed by atoms with E-state index < -0.39 is 5.97 Å². The molecular formula is C15H19NO5. The molecule has 4 N–H and O–H groups in total. The number of phenols is 2. The van der Waals surface area contributed by atoms with Crippen molar-refractivity contribution in [3.8, 4) is 11.5 Å². The highest BCUT2D eigenvalue weighted by atomic mass is 16.4. The minimum atomic E-state index is -0.806. The Bertz CT molecular complexity index is 525. The summed E-state index contributed by atoms with van der Waals surface area (Å²) in [6.45, 7) is 0.490. The lowest BCUT2D eigenvalue weighted by Crippen LogP contribution is -2.22. The van der Waals surface area contributed by atoms with E-state index in [0.29, 0.717) is 18.5 Å². The molecule has 6 nitrogen and oxygen atoms in total. The van der Waals surface area contributed by atoms with Gasteiger partial charge in [0.2, 0.25) is 5.91 Å². The molecule has 1 aromatic carbocycles. The van der Waals surface area contributed by atoms with Crippen LogP contribution in [0, 0.1) is 0 Å². The van der Waals surface area contributed by atoms with Crippen LogP contribution in [0.5, 0.6) is 11.5 Å². The standard InChI is InChI=1S/C15H19NO5/c17-12-7-5-11(10-13(12)18)6-8-14(19)16-9-3-1-2-4-15(20)21/h5-8,10,17-18H,1-4,9H2,(H,16,19)(H,20,21)/b8-6+. The largest absolute Gasteiger partial charge is 0.504 e. The van der Waals surface area contributed by atoms with Crippen LogP contribution >= 0.6 is 0 Å². The molecule has 0 aliphatic rings. The second-order valence-electron chi connectivity index (χ2n) is 4.58. The molecule has 1 amide bonds. The third kappa shape index (κ3) is 7.00. The van der Waals surface area contributed by atoms with Gasteiger partial charge in [-0.25, -0.2) is 0 Å². The van der Waals surface area contributed by atoms with Gasteiger partial charge in [-0.3, -0.25) is 9.59 Å². The first-order valence-electron chi connectivity index (χ1n) is 6.68. The summed E-state index contributed by atoms with van der Waals surface area (Å²) in [4.78, 5) is 21.8. The summed E-state index contributed by atoms with van der Waals surface area (Å²) in [5.74, 6) is -1.52. The van der Waals surface area contributed by atoms with E-state index in [0.717, 1.165) is 12.8 Å². The van der Waals surface area contributed by atoms with E-state index in [-0.39, 0.29) is 23.8 Å². The number of aliphatic carboxylic acids is 1. The van der Waals surface area contributed by atoms with Crippen molar-refractivity contribution in [1.82, 2.24) is 5.32 Å². The number of nitrogens with one attached hydrogen (secondary N) is 1. The number of carboxylic acids is 1. The summed E-state index contributed by atoms with van der Waals surface area (Å²) in [6, 6.07) is 4.27. The van der Waals surface area contributed by atoms with Gasteiger partial charge in [0.1, 0.15) is 0 Å². The summed E-state index contributed by atoms with van der Waals surface area (Å²) in [7, 11) is 0. The lowest BCUT2D eigenvalue weighted by atomic mass is 10.2. The predicted molar refractivity (Wildman–Crippen MR) is 77.9 cm³/mol. The van der Waals surface area contributed by atoms with Gasteiger partial charge in [0.05, 0.1) is 0 Å². The first-order chi connectivity index (χ1) is 9.99. The molecule has 0 fully saturated rings. The zero-order valence-corrected chi connectivity index (χ0v) is 11.6. The zero-order valence-electron chi connectivity index (χ0n) is 11.6. The highest BCUT2D eigenvalue weighted by Gasteiger charge is 2.00. The van der Waals surface area contributed by atoms with Crippen LogP contribution in [0.2, 0.25) is 0 Å². The van der Waals surface area contributed by atoms with E-state index in [4.69, 9.17) is 10.2 Å². The van der Waals surface area contributed by atoms with Gasteiger partial charge in [-0.1, -0.05) is 12.5 Å². The Hall–Kier alpha value is -2.50. The van der Waals surface area contributed by atoms with E-state index >= 15 is 0 Å². The second kappa shape index (κ2) is 8.63. The lowest BCUT2D eigenvalue weighted by Gasteiger charge is -2.02. The molecule has 114 valence electrons. The molecular weight excluding hydrogens is 274 g/mol.